The molecule has 1 heterocycles. The minimum Gasteiger partial charge on any atom is -0.495 e. The number of pyridine rings is 1. The third-order valence-corrected chi connectivity index (χ3v) is 2.76. The monoisotopic (exact) mass is 263 g/mol. The molecule has 0 aliphatic carbocycles. The van der Waals surface area contributed by atoms with E-state index < -0.39 is 5.97 Å². The molecule has 0 aliphatic heterocycles. The molecule has 0 saturated carbocycles. The maximum atomic E-state index is 11.1. The van der Waals surface area contributed by atoms with Crippen LogP contribution in [0.5, 0.6) is 17.2 Å². The zero-order valence-electron chi connectivity index (χ0n) is 10.8. The summed E-state index contributed by atoms with van der Waals surface area (Å²) >= 11 is 0. The van der Waals surface area contributed by atoms with E-state index in [2.05, 4.69) is 4.98 Å². The first-order valence-electron chi connectivity index (χ1n) is 5.44. The molecule has 1 N–H and O–H groups in total. The quantitative estimate of drug-likeness (QED) is 0.908. The highest BCUT2D eigenvalue weighted by atomic mass is 16.5. The minimum absolute atomic E-state index is 0.00206. The van der Waals surface area contributed by atoms with Crippen LogP contribution in [-0.4, -0.2) is 37.4 Å². The largest absolute Gasteiger partial charge is 0.495 e. The first kappa shape index (κ1) is 12.9. The van der Waals surface area contributed by atoms with E-state index in [1.165, 1.54) is 27.5 Å². The molecule has 0 saturated heterocycles. The normalized spacial score (nSPS) is 10.3. The van der Waals surface area contributed by atoms with Gasteiger partial charge in [-0.3, -0.25) is 4.98 Å². The molecule has 100 valence electrons. The summed E-state index contributed by atoms with van der Waals surface area (Å²) in [4.78, 5) is 15.2. The molecule has 1 aromatic carbocycles. The smallest absolute Gasteiger partial charge is 0.341 e. The average Bonchev–Trinajstić information content (AvgIpc) is 2.43. The second-order valence-corrected chi connectivity index (χ2v) is 3.73. The van der Waals surface area contributed by atoms with Crippen molar-refractivity contribution in [3.05, 3.63) is 23.9 Å². The van der Waals surface area contributed by atoms with E-state index in [0.717, 1.165) is 0 Å². The van der Waals surface area contributed by atoms with Crippen molar-refractivity contribution in [1.29, 1.82) is 0 Å². The van der Waals surface area contributed by atoms with Crippen LogP contribution in [0.3, 0.4) is 0 Å². The number of nitrogens with zero attached hydrogens (tertiary/aromatic N) is 1. The van der Waals surface area contributed by atoms with E-state index in [9.17, 15) is 4.79 Å². The van der Waals surface area contributed by atoms with Crippen molar-refractivity contribution in [1.82, 2.24) is 4.98 Å². The molecule has 6 heteroatoms. The first-order chi connectivity index (χ1) is 9.12. The summed E-state index contributed by atoms with van der Waals surface area (Å²) in [6.07, 6.45) is 1.26. The number of aromatic nitrogens is 1. The van der Waals surface area contributed by atoms with Crippen LogP contribution >= 0.6 is 0 Å². The maximum absolute atomic E-state index is 11.1. The summed E-state index contributed by atoms with van der Waals surface area (Å²) in [6, 6.07) is 3.31. The number of hydrogen-bond donors (Lipinski definition) is 1. The van der Waals surface area contributed by atoms with Gasteiger partial charge in [0, 0.05) is 17.6 Å². The van der Waals surface area contributed by atoms with E-state index in [1.807, 2.05) is 0 Å². The lowest BCUT2D eigenvalue weighted by Gasteiger charge is -2.12. The standard InChI is InChI=1S/C13H13NO5/c1-17-10-4-7-9(5-11(10)18-2)14-6-8(13(15)16)12(7)19-3/h4-6H,1-3H3,(H,15,16). The van der Waals surface area contributed by atoms with E-state index >= 15 is 0 Å². The number of carboxylic acids is 1. The van der Waals surface area contributed by atoms with Crippen LogP contribution < -0.4 is 14.2 Å². The van der Waals surface area contributed by atoms with Crippen LogP contribution in [-0.2, 0) is 0 Å². The molecule has 0 unspecified atom stereocenters. The average molecular weight is 263 g/mol. The summed E-state index contributed by atoms with van der Waals surface area (Å²) in [7, 11) is 4.44. The molecule has 19 heavy (non-hydrogen) atoms. The lowest BCUT2D eigenvalue weighted by molar-refractivity contribution is 0.0693. The van der Waals surface area contributed by atoms with E-state index in [1.54, 1.807) is 12.1 Å². The van der Waals surface area contributed by atoms with E-state index in [-0.39, 0.29) is 11.3 Å². The number of rotatable bonds is 4. The number of benzene rings is 1. The van der Waals surface area contributed by atoms with Crippen molar-refractivity contribution in [2.75, 3.05) is 21.3 Å². The number of aromatic carboxylic acids is 1. The molecule has 0 atom stereocenters. The van der Waals surface area contributed by atoms with Gasteiger partial charge in [0.15, 0.2) is 11.5 Å². The summed E-state index contributed by atoms with van der Waals surface area (Å²) in [5.74, 6) is 0.157. The van der Waals surface area contributed by atoms with E-state index in [4.69, 9.17) is 19.3 Å². The third kappa shape index (κ3) is 2.12. The Hall–Kier alpha value is -2.50. The van der Waals surface area contributed by atoms with Gasteiger partial charge in [-0.25, -0.2) is 4.79 Å². The molecule has 0 spiro atoms. The Bertz CT molecular complexity index is 638. The molecule has 6 nitrogen and oxygen atoms in total. The third-order valence-electron chi connectivity index (χ3n) is 2.76. The molecule has 0 radical (unpaired) electrons. The number of carbonyl (C=O) groups is 1. The zero-order valence-corrected chi connectivity index (χ0v) is 10.8. The van der Waals surface area contributed by atoms with Gasteiger partial charge in [0.2, 0.25) is 0 Å². The number of carboxylic acid groups (broad SMARTS) is 1. The Kier molecular flexibility index (Phi) is 3.41. The topological polar surface area (TPSA) is 77.9 Å². The Morgan fingerprint density at radius 3 is 2.26 bits per heavy atom. The lowest BCUT2D eigenvalue weighted by Crippen LogP contribution is -2.02. The summed E-state index contributed by atoms with van der Waals surface area (Å²) in [5.41, 5.74) is 0.571. The van der Waals surface area contributed by atoms with Crippen molar-refractivity contribution in [2.45, 2.75) is 0 Å². The van der Waals surface area contributed by atoms with Crippen molar-refractivity contribution in [3.8, 4) is 17.2 Å². The molecule has 2 rings (SSSR count). The molecule has 2 aromatic rings. The second-order valence-electron chi connectivity index (χ2n) is 3.73. The predicted octanol–water partition coefficient (Wildman–Crippen LogP) is 1.96. The van der Waals surface area contributed by atoms with Crippen LogP contribution in [0.2, 0.25) is 0 Å². The number of methoxy groups -OCH3 is 3. The number of hydrogen-bond acceptors (Lipinski definition) is 5. The highest BCUT2D eigenvalue weighted by molar-refractivity contribution is 5.99. The van der Waals surface area contributed by atoms with Crippen molar-refractivity contribution in [3.63, 3.8) is 0 Å². The summed E-state index contributed by atoms with van der Waals surface area (Å²) < 4.78 is 15.5. The van der Waals surface area contributed by atoms with Gasteiger partial charge >= 0.3 is 5.97 Å². The molecular weight excluding hydrogens is 250 g/mol. The van der Waals surface area contributed by atoms with Crippen LogP contribution in [0.4, 0.5) is 0 Å². The predicted molar refractivity (Wildman–Crippen MR) is 68.4 cm³/mol. The summed E-state index contributed by atoms with van der Waals surface area (Å²) in [6.45, 7) is 0. The molecular formula is C13H13NO5. The van der Waals surface area contributed by atoms with Gasteiger partial charge in [0.05, 0.1) is 26.8 Å². The van der Waals surface area contributed by atoms with Gasteiger partial charge in [-0.2, -0.15) is 0 Å². The SMILES string of the molecule is COc1cc2ncc(C(=O)O)c(OC)c2cc1OC. The fourth-order valence-electron chi connectivity index (χ4n) is 1.87. The Morgan fingerprint density at radius 1 is 1.11 bits per heavy atom. The van der Waals surface area contributed by atoms with Crippen LogP contribution in [0, 0.1) is 0 Å². The van der Waals surface area contributed by atoms with Crippen molar-refractivity contribution in [2.24, 2.45) is 0 Å². The molecule has 0 fully saturated rings. The molecule has 0 bridgehead atoms. The Labute approximate surface area is 109 Å². The highest BCUT2D eigenvalue weighted by Crippen LogP contribution is 2.36. The number of fused-ring (bicyclic) bond motifs is 1. The second kappa shape index (κ2) is 5.01. The number of ether oxygens (including phenoxy) is 3. The van der Waals surface area contributed by atoms with Gasteiger partial charge in [-0.1, -0.05) is 0 Å². The maximum Gasteiger partial charge on any atom is 0.341 e. The fourth-order valence-corrected chi connectivity index (χ4v) is 1.87. The Balaban J connectivity index is 2.80. The van der Waals surface area contributed by atoms with Gasteiger partial charge < -0.3 is 19.3 Å². The molecule has 0 amide bonds. The summed E-state index contributed by atoms with van der Waals surface area (Å²) in [5, 5.41) is 9.66. The van der Waals surface area contributed by atoms with Crippen molar-refractivity contribution < 1.29 is 24.1 Å². The molecule has 1 aromatic heterocycles. The van der Waals surface area contributed by atoms with Crippen molar-refractivity contribution >= 4 is 16.9 Å². The van der Waals surface area contributed by atoms with E-state index in [0.29, 0.717) is 22.4 Å². The minimum atomic E-state index is -1.10. The Morgan fingerprint density at radius 2 is 1.74 bits per heavy atom. The highest BCUT2D eigenvalue weighted by Gasteiger charge is 2.17. The van der Waals surface area contributed by atoms with Crippen LogP contribution in [0.1, 0.15) is 10.4 Å². The van der Waals surface area contributed by atoms with Gasteiger partial charge in [-0.05, 0) is 6.07 Å². The fraction of sp³-hybridized carbons (Fsp3) is 0.231. The lowest BCUT2D eigenvalue weighted by atomic mass is 10.1. The van der Waals surface area contributed by atoms with Crippen LogP contribution in [0.25, 0.3) is 10.9 Å². The van der Waals surface area contributed by atoms with Gasteiger partial charge in [0.25, 0.3) is 0 Å². The first-order valence-corrected chi connectivity index (χ1v) is 5.44. The zero-order chi connectivity index (χ0) is 14.0. The van der Waals surface area contributed by atoms with Gasteiger partial charge in [0.1, 0.15) is 11.3 Å². The van der Waals surface area contributed by atoms with Crippen LogP contribution in [0.15, 0.2) is 18.3 Å². The van der Waals surface area contributed by atoms with Gasteiger partial charge in [-0.15, -0.1) is 0 Å². The molecule has 0 aliphatic rings.